The number of benzene rings is 1. The van der Waals surface area contributed by atoms with Crippen molar-refractivity contribution < 1.29 is 4.79 Å². The fraction of sp³-hybridized carbons (Fsp3) is 0.357. The lowest BCUT2D eigenvalue weighted by molar-refractivity contribution is -0.115. The molecule has 0 radical (unpaired) electrons. The van der Waals surface area contributed by atoms with Crippen molar-refractivity contribution in [1.29, 1.82) is 0 Å². The van der Waals surface area contributed by atoms with Gasteiger partial charge in [-0.2, -0.15) is 0 Å². The van der Waals surface area contributed by atoms with Crippen LogP contribution in [0.4, 0.5) is 0 Å². The van der Waals surface area contributed by atoms with Crippen LogP contribution in [0.5, 0.6) is 0 Å². The Bertz CT molecular complexity index is 346. The molecule has 0 aliphatic rings. The van der Waals surface area contributed by atoms with Gasteiger partial charge in [-0.05, 0) is 12.5 Å². The van der Waals surface area contributed by atoms with Crippen molar-refractivity contribution >= 4 is 6.29 Å². The molecule has 0 N–H and O–H groups in total. The average Bonchev–Trinajstić information content (AvgIpc) is 2.22. The molecule has 0 aliphatic heterocycles. The summed E-state index contributed by atoms with van der Waals surface area (Å²) in [6, 6.07) is 8.25. The lowest BCUT2D eigenvalue weighted by Crippen LogP contribution is -2.22. The molecule has 0 saturated carbocycles. The Kier molecular flexibility index (Phi) is 3.46. The van der Waals surface area contributed by atoms with Crippen LogP contribution in [0.2, 0.25) is 0 Å². The summed E-state index contributed by atoms with van der Waals surface area (Å²) in [5, 5.41) is 0. The van der Waals surface area contributed by atoms with Gasteiger partial charge in [0.1, 0.15) is 6.29 Å². The zero-order valence-electron chi connectivity index (χ0n) is 9.66. The van der Waals surface area contributed by atoms with Crippen LogP contribution in [0.15, 0.2) is 36.9 Å². The highest BCUT2D eigenvalue weighted by Crippen LogP contribution is 2.34. The minimum Gasteiger partial charge on any atom is -0.303 e. The Hall–Kier alpha value is -1.37. The van der Waals surface area contributed by atoms with Crippen LogP contribution >= 0.6 is 0 Å². The standard InChI is InChI=1S/C14H18O/c1-5-13(14(3,4)10-15)12-8-6-11(2)7-9-12/h5-10,13H,1H2,2-4H3. The monoisotopic (exact) mass is 202 g/mol. The van der Waals surface area contributed by atoms with Gasteiger partial charge >= 0.3 is 0 Å². The molecule has 1 aromatic carbocycles. The number of rotatable bonds is 4. The number of carbonyl (C=O) groups excluding carboxylic acids is 1. The van der Waals surface area contributed by atoms with Gasteiger partial charge in [-0.1, -0.05) is 49.8 Å². The number of hydrogen-bond donors (Lipinski definition) is 0. The first-order valence-corrected chi connectivity index (χ1v) is 5.16. The normalized spacial score (nSPS) is 13.3. The predicted octanol–water partition coefficient (Wildman–Crippen LogP) is 3.49. The maximum absolute atomic E-state index is 11.0. The summed E-state index contributed by atoms with van der Waals surface area (Å²) >= 11 is 0. The predicted molar refractivity (Wildman–Crippen MR) is 64.0 cm³/mol. The van der Waals surface area contributed by atoms with Crippen molar-refractivity contribution in [2.75, 3.05) is 0 Å². The fourth-order valence-corrected chi connectivity index (χ4v) is 1.72. The fourth-order valence-electron chi connectivity index (χ4n) is 1.72. The minimum atomic E-state index is -0.392. The first-order valence-electron chi connectivity index (χ1n) is 5.16. The Balaban J connectivity index is 3.08. The van der Waals surface area contributed by atoms with Crippen LogP contribution in [0.3, 0.4) is 0 Å². The molecule has 1 rings (SSSR count). The van der Waals surface area contributed by atoms with Gasteiger partial charge in [-0.15, -0.1) is 6.58 Å². The molecule has 0 bridgehead atoms. The van der Waals surface area contributed by atoms with Crippen molar-refractivity contribution in [3.8, 4) is 0 Å². The molecule has 0 heterocycles. The Morgan fingerprint density at radius 2 is 1.80 bits per heavy atom. The average molecular weight is 202 g/mol. The van der Waals surface area contributed by atoms with E-state index in [-0.39, 0.29) is 5.92 Å². The van der Waals surface area contributed by atoms with Gasteiger partial charge in [-0.3, -0.25) is 0 Å². The summed E-state index contributed by atoms with van der Waals surface area (Å²) in [6.45, 7) is 9.74. The molecule has 80 valence electrons. The second-order valence-electron chi connectivity index (χ2n) is 4.56. The van der Waals surface area contributed by atoms with Gasteiger partial charge in [0.05, 0.1) is 0 Å². The Morgan fingerprint density at radius 3 is 2.20 bits per heavy atom. The van der Waals surface area contributed by atoms with Crippen molar-refractivity contribution in [2.45, 2.75) is 26.7 Å². The molecule has 1 nitrogen and oxygen atoms in total. The maximum atomic E-state index is 11.0. The van der Waals surface area contributed by atoms with Crippen LogP contribution in [0, 0.1) is 12.3 Å². The number of carbonyl (C=O) groups is 1. The molecule has 15 heavy (non-hydrogen) atoms. The zero-order valence-corrected chi connectivity index (χ0v) is 9.66. The van der Waals surface area contributed by atoms with E-state index in [1.54, 1.807) is 0 Å². The number of aldehydes is 1. The van der Waals surface area contributed by atoms with E-state index in [2.05, 4.69) is 37.8 Å². The molecule has 1 aromatic rings. The van der Waals surface area contributed by atoms with Gasteiger partial charge in [-0.25, -0.2) is 0 Å². The quantitative estimate of drug-likeness (QED) is 0.539. The lowest BCUT2D eigenvalue weighted by Gasteiger charge is -2.26. The number of allylic oxidation sites excluding steroid dienone is 1. The highest BCUT2D eigenvalue weighted by molar-refractivity contribution is 5.61. The highest BCUT2D eigenvalue weighted by atomic mass is 16.1. The van der Waals surface area contributed by atoms with E-state index in [4.69, 9.17) is 0 Å². The van der Waals surface area contributed by atoms with Crippen molar-refractivity contribution in [2.24, 2.45) is 5.41 Å². The second kappa shape index (κ2) is 4.43. The van der Waals surface area contributed by atoms with Crippen LogP contribution < -0.4 is 0 Å². The topological polar surface area (TPSA) is 17.1 Å². The molecule has 0 amide bonds. The molecule has 0 spiro atoms. The Labute approximate surface area is 91.8 Å². The molecule has 0 aromatic heterocycles. The van der Waals surface area contributed by atoms with Gasteiger partial charge in [0.25, 0.3) is 0 Å². The second-order valence-corrected chi connectivity index (χ2v) is 4.56. The molecule has 0 aliphatic carbocycles. The van der Waals surface area contributed by atoms with E-state index in [0.29, 0.717) is 0 Å². The maximum Gasteiger partial charge on any atom is 0.126 e. The first kappa shape index (κ1) is 11.7. The summed E-state index contributed by atoms with van der Waals surface area (Å²) in [5.41, 5.74) is 1.98. The molecule has 1 heteroatoms. The van der Waals surface area contributed by atoms with E-state index >= 15 is 0 Å². The summed E-state index contributed by atoms with van der Waals surface area (Å²) in [4.78, 5) is 11.0. The van der Waals surface area contributed by atoms with Crippen molar-refractivity contribution in [3.05, 3.63) is 48.0 Å². The first-order chi connectivity index (χ1) is 7.01. The molecule has 1 unspecified atom stereocenters. The molecule has 0 fully saturated rings. The summed E-state index contributed by atoms with van der Waals surface area (Å²) in [7, 11) is 0. The lowest BCUT2D eigenvalue weighted by atomic mass is 9.76. The van der Waals surface area contributed by atoms with Crippen LogP contribution in [0.25, 0.3) is 0 Å². The van der Waals surface area contributed by atoms with Gasteiger partial charge in [0.2, 0.25) is 0 Å². The Morgan fingerprint density at radius 1 is 1.27 bits per heavy atom. The molecular formula is C14H18O. The van der Waals surface area contributed by atoms with Gasteiger partial charge in [0.15, 0.2) is 0 Å². The summed E-state index contributed by atoms with van der Waals surface area (Å²) < 4.78 is 0. The van der Waals surface area contributed by atoms with E-state index in [1.807, 2.05) is 19.9 Å². The number of aryl methyl sites for hydroxylation is 1. The smallest absolute Gasteiger partial charge is 0.126 e. The van der Waals surface area contributed by atoms with E-state index in [1.165, 1.54) is 5.56 Å². The van der Waals surface area contributed by atoms with Crippen molar-refractivity contribution in [1.82, 2.24) is 0 Å². The highest BCUT2D eigenvalue weighted by Gasteiger charge is 2.27. The minimum absolute atomic E-state index is 0.0793. The third-order valence-electron chi connectivity index (χ3n) is 2.78. The molecule has 0 saturated heterocycles. The third kappa shape index (κ3) is 2.56. The van der Waals surface area contributed by atoms with Gasteiger partial charge in [0, 0.05) is 11.3 Å². The largest absolute Gasteiger partial charge is 0.303 e. The van der Waals surface area contributed by atoms with Crippen LogP contribution in [-0.4, -0.2) is 6.29 Å². The third-order valence-corrected chi connectivity index (χ3v) is 2.78. The van der Waals surface area contributed by atoms with E-state index in [9.17, 15) is 4.79 Å². The summed E-state index contributed by atoms with van der Waals surface area (Å²) in [6.07, 6.45) is 2.85. The zero-order chi connectivity index (χ0) is 11.5. The van der Waals surface area contributed by atoms with E-state index < -0.39 is 5.41 Å². The number of hydrogen-bond acceptors (Lipinski definition) is 1. The van der Waals surface area contributed by atoms with Crippen molar-refractivity contribution in [3.63, 3.8) is 0 Å². The molecular weight excluding hydrogens is 184 g/mol. The SMILES string of the molecule is C=CC(c1ccc(C)cc1)C(C)(C)C=O. The molecule has 1 atom stereocenters. The van der Waals surface area contributed by atoms with E-state index in [0.717, 1.165) is 11.8 Å². The van der Waals surface area contributed by atoms with Crippen LogP contribution in [0.1, 0.15) is 30.9 Å². The summed E-state index contributed by atoms with van der Waals surface area (Å²) in [5.74, 6) is 0.0793. The van der Waals surface area contributed by atoms with Gasteiger partial charge < -0.3 is 4.79 Å². The van der Waals surface area contributed by atoms with Crippen LogP contribution in [-0.2, 0) is 4.79 Å².